The van der Waals surface area contributed by atoms with Crippen molar-refractivity contribution in [1.82, 2.24) is 29.4 Å². The van der Waals surface area contributed by atoms with Crippen molar-refractivity contribution in [3.05, 3.63) is 35.4 Å². The molecule has 0 saturated carbocycles. The predicted octanol–water partition coefficient (Wildman–Crippen LogP) is 13.2. The average molecular weight is 1110 g/mol. The first-order chi connectivity index (χ1) is 36.2. The van der Waals surface area contributed by atoms with Crippen molar-refractivity contribution in [2.24, 2.45) is 33.0 Å². The molecular formula is C66H120N6O7. The minimum atomic E-state index is -0.445. The first-order valence-electron chi connectivity index (χ1n) is 30.5. The molecule has 456 valence electrons. The molecule has 1 aromatic carbocycles. The van der Waals surface area contributed by atoms with Crippen LogP contribution in [0.4, 0.5) is 0 Å². The Labute approximate surface area is 484 Å². The number of esters is 1. The van der Waals surface area contributed by atoms with Gasteiger partial charge in [0.2, 0.25) is 23.6 Å². The highest BCUT2D eigenvalue weighted by atomic mass is 16.5. The highest BCUT2D eigenvalue weighted by molar-refractivity contribution is 5.91. The molecule has 13 heteroatoms. The van der Waals surface area contributed by atoms with Crippen molar-refractivity contribution in [2.45, 2.75) is 227 Å². The molecule has 5 aliphatic heterocycles. The molecule has 13 nitrogen and oxygen atoms in total. The standard InChI is InChI=1S/C16H21NO3.C11H22N2O.2C11H21NO.C10H19NO.C7H16/c1-16(2,3)13-7-5-12(6-8-13)15(19)20-11-14(18)17-9-4-10-17;1-11(2,3)9-10(14)13-7-5-12(4)6-8-13;2*1-11(2,3)9-10(13)12-7-5-4-6-8-12;1-10(2,3)8-9(12)11-6-4-5-7-11;1-6(2)7(3,4)5/h5-8H,4,9-11H2,1-3H3;5-9H2,1-4H3;2*4-9H2,1-3H3;4-8H2,1-3H3;6H,1-5H3. The first kappa shape index (κ1) is 73.0. The zero-order valence-corrected chi connectivity index (χ0v) is 54.8. The van der Waals surface area contributed by atoms with Gasteiger partial charge in [0.25, 0.3) is 5.91 Å². The monoisotopic (exact) mass is 1110 g/mol. The molecule has 0 spiro atoms. The Morgan fingerprint density at radius 3 is 0.911 bits per heavy atom. The third-order valence-corrected chi connectivity index (χ3v) is 14.7. The molecule has 0 bridgehead atoms. The van der Waals surface area contributed by atoms with Crippen molar-refractivity contribution in [1.29, 1.82) is 0 Å². The third-order valence-electron chi connectivity index (χ3n) is 14.7. The van der Waals surface area contributed by atoms with Gasteiger partial charge in [0, 0.05) is 104 Å². The van der Waals surface area contributed by atoms with E-state index in [0.29, 0.717) is 60.3 Å². The lowest BCUT2D eigenvalue weighted by Crippen LogP contribution is -2.47. The van der Waals surface area contributed by atoms with Crippen molar-refractivity contribution in [3.8, 4) is 0 Å². The van der Waals surface area contributed by atoms with Crippen LogP contribution in [0.1, 0.15) is 238 Å². The van der Waals surface area contributed by atoms with Crippen molar-refractivity contribution in [2.75, 3.05) is 92.2 Å². The zero-order chi connectivity index (χ0) is 60.6. The summed E-state index contributed by atoms with van der Waals surface area (Å²) in [6.07, 6.45) is 13.5. The summed E-state index contributed by atoms with van der Waals surface area (Å²) < 4.78 is 5.04. The highest BCUT2D eigenvalue weighted by Gasteiger charge is 2.27. The van der Waals surface area contributed by atoms with Gasteiger partial charge < -0.3 is 34.1 Å². The summed E-state index contributed by atoms with van der Waals surface area (Å²) in [5, 5.41) is 0. The van der Waals surface area contributed by atoms with E-state index in [2.05, 4.69) is 150 Å². The van der Waals surface area contributed by atoms with E-state index in [0.717, 1.165) is 96.4 Å². The molecule has 0 radical (unpaired) electrons. The quantitative estimate of drug-likeness (QED) is 0.247. The van der Waals surface area contributed by atoms with Crippen LogP contribution in [0.2, 0.25) is 0 Å². The molecule has 0 unspecified atom stereocenters. The first-order valence-corrected chi connectivity index (χ1v) is 30.5. The van der Waals surface area contributed by atoms with Crippen molar-refractivity contribution in [3.63, 3.8) is 0 Å². The second kappa shape index (κ2) is 33.8. The predicted molar refractivity (Wildman–Crippen MR) is 328 cm³/mol. The molecule has 5 saturated heterocycles. The summed E-state index contributed by atoms with van der Waals surface area (Å²) in [6, 6.07) is 7.34. The summed E-state index contributed by atoms with van der Waals surface area (Å²) in [5.41, 5.74) is 2.71. The van der Waals surface area contributed by atoms with Crippen molar-refractivity contribution < 1.29 is 33.5 Å². The van der Waals surface area contributed by atoms with E-state index < -0.39 is 5.97 Å². The molecule has 0 aromatic heterocycles. The smallest absolute Gasteiger partial charge is 0.338 e. The van der Waals surface area contributed by atoms with Crippen LogP contribution in [-0.2, 0) is 34.1 Å². The van der Waals surface area contributed by atoms with Crippen LogP contribution in [0, 0.1) is 33.0 Å². The van der Waals surface area contributed by atoms with Crippen LogP contribution in [0.5, 0.6) is 0 Å². The van der Waals surface area contributed by atoms with E-state index in [1.54, 1.807) is 17.0 Å². The molecule has 5 heterocycles. The number of hydrogen-bond acceptors (Lipinski definition) is 8. The van der Waals surface area contributed by atoms with Gasteiger partial charge in [-0.1, -0.05) is 151 Å². The van der Waals surface area contributed by atoms with Gasteiger partial charge in [-0.25, -0.2) is 4.79 Å². The second-order valence-electron chi connectivity index (χ2n) is 30.3. The number of ether oxygens (including phenoxy) is 1. The Hall–Kier alpha value is -4.00. The fraction of sp³-hybridized carbons (Fsp3) is 0.818. The molecule has 5 aliphatic rings. The molecule has 0 atom stereocenters. The number of carbonyl (C=O) groups excluding carboxylic acids is 6. The summed E-state index contributed by atoms with van der Waals surface area (Å²) in [6.45, 7) is 54.1. The molecule has 6 rings (SSSR count). The van der Waals surface area contributed by atoms with Gasteiger partial charge in [0.1, 0.15) is 0 Å². The van der Waals surface area contributed by atoms with Crippen LogP contribution < -0.4 is 0 Å². The molecule has 79 heavy (non-hydrogen) atoms. The van der Waals surface area contributed by atoms with Crippen LogP contribution in [0.15, 0.2) is 24.3 Å². The minimum absolute atomic E-state index is 0.0515. The lowest BCUT2D eigenvalue weighted by atomic mass is 9.84. The van der Waals surface area contributed by atoms with Gasteiger partial charge in [-0.05, 0) is 121 Å². The van der Waals surface area contributed by atoms with Crippen molar-refractivity contribution >= 4 is 35.5 Å². The highest BCUT2D eigenvalue weighted by Crippen LogP contribution is 2.26. The number of carbonyl (C=O) groups is 6. The SMILES string of the molecule is CC(C)(C)CC(=O)N1CCCC1.CC(C)(C)CC(=O)N1CCCCC1.CC(C)(C)CC(=O)N1CCCCC1.CC(C)(C)c1ccc(C(=O)OCC(=O)N2CCC2)cc1.CC(C)C(C)(C)C.CN1CCN(C(=O)CC(C)(C)C)CC1. The van der Waals surface area contributed by atoms with E-state index in [4.69, 9.17) is 4.74 Å². The van der Waals surface area contributed by atoms with Gasteiger partial charge in [-0.15, -0.1) is 0 Å². The van der Waals surface area contributed by atoms with E-state index >= 15 is 0 Å². The number of amides is 5. The van der Waals surface area contributed by atoms with Gasteiger partial charge >= 0.3 is 5.97 Å². The van der Waals surface area contributed by atoms with Crippen LogP contribution in [-0.4, -0.2) is 157 Å². The number of nitrogens with zero attached hydrogens (tertiary/aromatic N) is 6. The van der Waals surface area contributed by atoms with Gasteiger partial charge in [0.15, 0.2) is 6.61 Å². The largest absolute Gasteiger partial charge is 0.452 e. The Bertz CT molecular complexity index is 1900. The zero-order valence-electron chi connectivity index (χ0n) is 54.8. The Morgan fingerprint density at radius 1 is 0.392 bits per heavy atom. The van der Waals surface area contributed by atoms with E-state index in [9.17, 15) is 28.8 Å². The second-order valence-corrected chi connectivity index (χ2v) is 30.3. The maximum absolute atomic E-state index is 11.8. The van der Waals surface area contributed by atoms with E-state index in [1.165, 1.54) is 51.4 Å². The molecule has 0 N–H and O–H groups in total. The fourth-order valence-electron chi connectivity index (χ4n) is 8.54. The number of likely N-dealkylation sites (tertiary alicyclic amines) is 4. The molecular weight excluding hydrogens is 989 g/mol. The lowest BCUT2D eigenvalue weighted by Gasteiger charge is -2.34. The topological polar surface area (TPSA) is 131 Å². The normalized spacial score (nSPS) is 17.4. The Morgan fingerprint density at radius 2 is 0.658 bits per heavy atom. The summed E-state index contributed by atoms with van der Waals surface area (Å²) in [7, 11) is 2.10. The average Bonchev–Trinajstić information content (AvgIpc) is 3.86. The number of rotatable bonds is 7. The number of piperidine rings is 2. The molecule has 5 fully saturated rings. The molecule has 0 aliphatic carbocycles. The molecule has 1 aromatic rings. The number of benzene rings is 1. The molecule has 5 amide bonds. The van der Waals surface area contributed by atoms with Gasteiger partial charge in [-0.2, -0.15) is 0 Å². The Balaban J connectivity index is 0.000000485. The van der Waals surface area contributed by atoms with Gasteiger partial charge in [0.05, 0.1) is 5.56 Å². The maximum Gasteiger partial charge on any atom is 0.338 e. The van der Waals surface area contributed by atoms with E-state index in [1.807, 2.05) is 31.7 Å². The summed E-state index contributed by atoms with van der Waals surface area (Å²) in [5.74, 6) is 1.56. The number of hydrogen-bond donors (Lipinski definition) is 0. The van der Waals surface area contributed by atoms with Crippen LogP contribution in [0.25, 0.3) is 0 Å². The number of likely N-dealkylation sites (N-methyl/N-ethyl adjacent to an activating group) is 1. The minimum Gasteiger partial charge on any atom is -0.452 e. The lowest BCUT2D eigenvalue weighted by molar-refractivity contribution is -0.138. The fourth-order valence-corrected chi connectivity index (χ4v) is 8.54. The number of piperazine rings is 1. The Kier molecular flexibility index (Phi) is 31.2. The summed E-state index contributed by atoms with van der Waals surface area (Å²) in [4.78, 5) is 82.3. The van der Waals surface area contributed by atoms with E-state index in [-0.39, 0.29) is 39.6 Å². The van der Waals surface area contributed by atoms with Gasteiger partial charge in [-0.3, -0.25) is 24.0 Å². The maximum atomic E-state index is 11.8. The van der Waals surface area contributed by atoms with Crippen LogP contribution >= 0.6 is 0 Å². The third kappa shape index (κ3) is 34.1. The summed E-state index contributed by atoms with van der Waals surface area (Å²) >= 11 is 0. The van der Waals surface area contributed by atoms with Crippen LogP contribution in [0.3, 0.4) is 0 Å².